The Kier molecular flexibility index (Phi) is 7.64. The van der Waals surface area contributed by atoms with Crippen molar-refractivity contribution in [1.82, 2.24) is 0 Å². The van der Waals surface area contributed by atoms with E-state index in [9.17, 15) is 14.7 Å². The highest BCUT2D eigenvalue weighted by Gasteiger charge is 2.56. The zero-order valence-electron chi connectivity index (χ0n) is 18.7. The Morgan fingerprint density at radius 1 is 1.00 bits per heavy atom. The lowest BCUT2D eigenvalue weighted by molar-refractivity contribution is -0.163. The van der Waals surface area contributed by atoms with Crippen molar-refractivity contribution in [3.05, 3.63) is 66.2 Å². The zero-order chi connectivity index (χ0) is 23.1. The van der Waals surface area contributed by atoms with Crippen LogP contribution in [0.2, 0.25) is 0 Å². The van der Waals surface area contributed by atoms with Gasteiger partial charge < -0.3 is 14.6 Å². The molecule has 0 amide bonds. The summed E-state index contributed by atoms with van der Waals surface area (Å²) in [7, 11) is 0. The minimum absolute atomic E-state index is 0.0170. The van der Waals surface area contributed by atoms with Crippen LogP contribution in [0, 0.1) is 11.8 Å². The molecule has 0 saturated heterocycles. The number of ether oxygens (including phenoxy) is 2. The number of esters is 2. The number of nitrogens with zero attached hydrogens (tertiary/aromatic N) is 1. The van der Waals surface area contributed by atoms with Crippen LogP contribution in [-0.4, -0.2) is 41.6 Å². The molecule has 1 fully saturated rings. The summed E-state index contributed by atoms with van der Waals surface area (Å²) >= 11 is 0. The van der Waals surface area contributed by atoms with Crippen LogP contribution in [0.1, 0.15) is 38.7 Å². The maximum atomic E-state index is 13.2. The van der Waals surface area contributed by atoms with E-state index in [4.69, 9.17) is 9.47 Å². The van der Waals surface area contributed by atoms with E-state index in [2.05, 4.69) is 10.5 Å². The van der Waals surface area contributed by atoms with E-state index in [-0.39, 0.29) is 19.6 Å². The summed E-state index contributed by atoms with van der Waals surface area (Å²) < 4.78 is 10.7. The number of hydrogen-bond acceptors (Lipinski definition) is 7. The molecule has 1 aliphatic carbocycles. The lowest BCUT2D eigenvalue weighted by Crippen LogP contribution is -2.55. The smallest absolute Gasteiger partial charge is 0.315 e. The SMILES string of the molecule is CCOC(=O)[C@@H]1/C(=N\Nc2ccccc2)C[C@](C)(O)[C@@H](C(=O)OCC)[C@@H]1c1ccccc1. The molecule has 0 aliphatic heterocycles. The number of benzene rings is 2. The van der Waals surface area contributed by atoms with Crippen LogP contribution in [0.3, 0.4) is 0 Å². The van der Waals surface area contributed by atoms with Gasteiger partial charge >= 0.3 is 11.9 Å². The topological polar surface area (TPSA) is 97.2 Å². The van der Waals surface area contributed by atoms with Gasteiger partial charge in [0, 0.05) is 12.3 Å². The normalized spacial score (nSPS) is 26.4. The molecular formula is C25H30N2O5. The quantitative estimate of drug-likeness (QED) is 0.505. The van der Waals surface area contributed by atoms with Gasteiger partial charge in [-0.3, -0.25) is 15.0 Å². The highest BCUT2D eigenvalue weighted by Crippen LogP contribution is 2.47. The van der Waals surface area contributed by atoms with E-state index in [1.165, 1.54) is 0 Å². The number of hydrogen-bond donors (Lipinski definition) is 2. The van der Waals surface area contributed by atoms with E-state index in [0.717, 1.165) is 11.3 Å². The molecule has 2 aromatic carbocycles. The van der Waals surface area contributed by atoms with Gasteiger partial charge in [0.25, 0.3) is 0 Å². The third kappa shape index (κ3) is 5.16. The second kappa shape index (κ2) is 10.4. The number of anilines is 1. The number of rotatable bonds is 7. The molecule has 2 N–H and O–H groups in total. The van der Waals surface area contributed by atoms with E-state index >= 15 is 0 Å². The van der Waals surface area contributed by atoms with Crippen LogP contribution in [-0.2, 0) is 19.1 Å². The van der Waals surface area contributed by atoms with Gasteiger partial charge in [-0.05, 0) is 38.5 Å². The third-order valence-electron chi connectivity index (χ3n) is 5.65. The highest BCUT2D eigenvalue weighted by molar-refractivity contribution is 6.06. The molecule has 2 aromatic rings. The molecule has 0 radical (unpaired) electrons. The van der Waals surface area contributed by atoms with E-state index in [1.807, 2.05) is 60.7 Å². The molecule has 1 saturated carbocycles. The summed E-state index contributed by atoms with van der Waals surface area (Å²) in [6.07, 6.45) is 0.0170. The molecule has 3 rings (SSSR count). The number of nitrogens with one attached hydrogen (secondary N) is 1. The summed E-state index contributed by atoms with van der Waals surface area (Å²) in [4.78, 5) is 26.2. The van der Waals surface area contributed by atoms with Crippen molar-refractivity contribution in [3.8, 4) is 0 Å². The van der Waals surface area contributed by atoms with Crippen LogP contribution < -0.4 is 5.43 Å². The third-order valence-corrected chi connectivity index (χ3v) is 5.65. The Hall–Kier alpha value is -3.19. The average Bonchev–Trinajstić information content (AvgIpc) is 2.78. The van der Waals surface area contributed by atoms with Gasteiger partial charge in [-0.1, -0.05) is 48.5 Å². The van der Waals surface area contributed by atoms with Crippen LogP contribution in [0.5, 0.6) is 0 Å². The fraction of sp³-hybridized carbons (Fsp3) is 0.400. The second-order valence-corrected chi connectivity index (χ2v) is 8.01. The molecule has 1 aliphatic rings. The predicted octanol–water partition coefficient (Wildman–Crippen LogP) is 3.75. The Labute approximate surface area is 188 Å². The second-order valence-electron chi connectivity index (χ2n) is 8.01. The molecule has 7 heteroatoms. The average molecular weight is 439 g/mol. The largest absolute Gasteiger partial charge is 0.466 e. The Balaban J connectivity index is 2.12. The molecule has 4 atom stereocenters. The van der Waals surface area contributed by atoms with E-state index in [0.29, 0.717) is 5.71 Å². The van der Waals surface area contributed by atoms with Gasteiger partial charge in [0.1, 0.15) is 5.92 Å². The first kappa shape index (κ1) is 23.5. The highest BCUT2D eigenvalue weighted by atomic mass is 16.5. The fourth-order valence-corrected chi connectivity index (χ4v) is 4.34. The summed E-state index contributed by atoms with van der Waals surface area (Å²) in [6, 6.07) is 18.5. The van der Waals surface area contributed by atoms with E-state index in [1.54, 1.807) is 20.8 Å². The first-order chi connectivity index (χ1) is 15.4. The molecule has 7 nitrogen and oxygen atoms in total. The van der Waals surface area contributed by atoms with Crippen molar-refractivity contribution in [3.63, 3.8) is 0 Å². The minimum atomic E-state index is -1.48. The van der Waals surface area contributed by atoms with E-state index < -0.39 is 35.3 Å². The van der Waals surface area contributed by atoms with Crippen molar-refractivity contribution in [1.29, 1.82) is 0 Å². The van der Waals surface area contributed by atoms with Gasteiger partial charge in [0.15, 0.2) is 0 Å². The monoisotopic (exact) mass is 438 g/mol. The van der Waals surface area contributed by atoms with Gasteiger partial charge in [-0.25, -0.2) is 0 Å². The van der Waals surface area contributed by atoms with Crippen molar-refractivity contribution >= 4 is 23.3 Å². The van der Waals surface area contributed by atoms with Crippen LogP contribution in [0.15, 0.2) is 65.8 Å². The summed E-state index contributed by atoms with van der Waals surface area (Å²) in [5.74, 6) is -3.55. The van der Waals surface area contributed by atoms with Crippen LogP contribution >= 0.6 is 0 Å². The Bertz CT molecular complexity index is 943. The first-order valence-electron chi connectivity index (χ1n) is 10.9. The summed E-state index contributed by atoms with van der Waals surface area (Å²) in [5, 5.41) is 15.9. The van der Waals surface area contributed by atoms with Crippen molar-refractivity contribution in [2.45, 2.75) is 38.7 Å². The lowest BCUT2D eigenvalue weighted by Gasteiger charge is -2.45. The number of carbonyl (C=O) groups excluding carboxylic acids is 2. The number of hydrazone groups is 1. The molecule has 32 heavy (non-hydrogen) atoms. The fourth-order valence-electron chi connectivity index (χ4n) is 4.34. The molecule has 0 heterocycles. The molecule has 170 valence electrons. The first-order valence-corrected chi connectivity index (χ1v) is 10.9. The molecule has 0 bridgehead atoms. The van der Waals surface area contributed by atoms with Gasteiger partial charge in [-0.15, -0.1) is 0 Å². The van der Waals surface area contributed by atoms with Crippen LogP contribution in [0.4, 0.5) is 5.69 Å². The maximum Gasteiger partial charge on any atom is 0.315 e. The Morgan fingerprint density at radius 3 is 2.16 bits per heavy atom. The van der Waals surface area contributed by atoms with Crippen molar-refractivity contribution in [2.75, 3.05) is 18.6 Å². The molecule has 0 aromatic heterocycles. The molecular weight excluding hydrogens is 408 g/mol. The Morgan fingerprint density at radius 2 is 1.56 bits per heavy atom. The van der Waals surface area contributed by atoms with Crippen molar-refractivity contribution < 1.29 is 24.2 Å². The number of carbonyl (C=O) groups is 2. The van der Waals surface area contributed by atoms with Gasteiger partial charge in [0.2, 0.25) is 0 Å². The lowest BCUT2D eigenvalue weighted by atomic mass is 9.61. The number of para-hydroxylation sites is 1. The molecule has 0 spiro atoms. The zero-order valence-corrected chi connectivity index (χ0v) is 18.7. The van der Waals surface area contributed by atoms with Crippen LogP contribution in [0.25, 0.3) is 0 Å². The van der Waals surface area contributed by atoms with Gasteiger partial charge in [-0.2, -0.15) is 5.10 Å². The predicted molar refractivity (Wildman–Crippen MR) is 122 cm³/mol. The standard InChI is InChI=1S/C25H30N2O5/c1-4-31-23(28)21-19(27-26-18-14-10-7-11-15-18)16-25(3,30)22(24(29)32-5-2)20(21)17-12-8-6-9-13-17/h6-15,20-22,26,30H,4-5,16H2,1-3H3/b27-19-/t20-,21-,22-,25+/m1/s1. The number of aliphatic hydroxyl groups is 1. The van der Waals surface area contributed by atoms with Crippen molar-refractivity contribution in [2.24, 2.45) is 16.9 Å². The van der Waals surface area contributed by atoms with Gasteiger partial charge in [0.05, 0.1) is 36.1 Å². The maximum absolute atomic E-state index is 13.2. The summed E-state index contributed by atoms with van der Waals surface area (Å²) in [5.41, 5.74) is 3.39. The molecule has 0 unspecified atom stereocenters. The summed E-state index contributed by atoms with van der Waals surface area (Å²) in [6.45, 7) is 5.40. The minimum Gasteiger partial charge on any atom is -0.466 e.